The standard InChI is InChI=1S/C13H15F3O3/c1-8(2)6-11(12(17)18)19-10-5-3-4-9(7-10)13(14,15)16/h3-5,7-8,11H,6H2,1-2H3,(H,17,18)/t11-/m1/s1. The first kappa shape index (κ1) is 15.3. The van der Waals surface area contributed by atoms with E-state index in [2.05, 4.69) is 0 Å². The molecular weight excluding hydrogens is 261 g/mol. The molecule has 0 radical (unpaired) electrons. The van der Waals surface area contributed by atoms with Crippen molar-refractivity contribution >= 4 is 5.97 Å². The molecule has 1 aromatic carbocycles. The third kappa shape index (κ3) is 4.81. The molecule has 19 heavy (non-hydrogen) atoms. The number of hydrogen-bond donors (Lipinski definition) is 1. The normalized spacial score (nSPS) is 13.4. The first-order valence-electron chi connectivity index (χ1n) is 5.77. The maximum Gasteiger partial charge on any atom is 0.416 e. The molecule has 0 spiro atoms. The Morgan fingerprint density at radius 2 is 2.00 bits per heavy atom. The molecule has 1 atom stereocenters. The third-order valence-electron chi connectivity index (χ3n) is 2.40. The van der Waals surface area contributed by atoms with E-state index in [-0.39, 0.29) is 18.1 Å². The van der Waals surface area contributed by atoms with Crippen molar-refractivity contribution in [3.05, 3.63) is 29.8 Å². The minimum Gasteiger partial charge on any atom is -0.479 e. The van der Waals surface area contributed by atoms with Gasteiger partial charge in [-0.25, -0.2) is 4.79 Å². The van der Waals surface area contributed by atoms with Crippen LogP contribution in [0.15, 0.2) is 24.3 Å². The van der Waals surface area contributed by atoms with Crippen LogP contribution in [0.3, 0.4) is 0 Å². The lowest BCUT2D eigenvalue weighted by molar-refractivity contribution is -0.145. The Labute approximate surface area is 109 Å². The van der Waals surface area contributed by atoms with Crippen molar-refractivity contribution in [2.24, 2.45) is 5.92 Å². The second-order valence-corrected chi connectivity index (χ2v) is 4.60. The lowest BCUT2D eigenvalue weighted by Gasteiger charge is -2.17. The van der Waals surface area contributed by atoms with Gasteiger partial charge in [-0.2, -0.15) is 13.2 Å². The summed E-state index contributed by atoms with van der Waals surface area (Å²) in [4.78, 5) is 11.0. The van der Waals surface area contributed by atoms with Gasteiger partial charge in [-0.3, -0.25) is 0 Å². The molecule has 0 heterocycles. The number of ether oxygens (including phenoxy) is 1. The zero-order chi connectivity index (χ0) is 14.6. The maximum atomic E-state index is 12.5. The van der Waals surface area contributed by atoms with Crippen LogP contribution >= 0.6 is 0 Å². The van der Waals surface area contributed by atoms with E-state index < -0.39 is 23.8 Å². The number of carboxylic acid groups (broad SMARTS) is 1. The quantitative estimate of drug-likeness (QED) is 0.894. The smallest absolute Gasteiger partial charge is 0.416 e. The Morgan fingerprint density at radius 3 is 2.47 bits per heavy atom. The van der Waals surface area contributed by atoms with E-state index in [0.717, 1.165) is 12.1 Å². The highest BCUT2D eigenvalue weighted by Gasteiger charge is 2.31. The highest BCUT2D eigenvalue weighted by atomic mass is 19.4. The van der Waals surface area contributed by atoms with Gasteiger partial charge < -0.3 is 9.84 Å². The average Bonchev–Trinajstić information content (AvgIpc) is 2.26. The molecule has 0 bridgehead atoms. The highest BCUT2D eigenvalue weighted by Crippen LogP contribution is 2.31. The van der Waals surface area contributed by atoms with E-state index in [9.17, 15) is 18.0 Å². The predicted octanol–water partition coefficient (Wildman–Crippen LogP) is 3.58. The summed E-state index contributed by atoms with van der Waals surface area (Å²) in [6.45, 7) is 3.62. The fourth-order valence-electron chi connectivity index (χ4n) is 1.54. The number of hydrogen-bond acceptors (Lipinski definition) is 2. The van der Waals surface area contributed by atoms with E-state index in [1.54, 1.807) is 0 Å². The fourth-order valence-corrected chi connectivity index (χ4v) is 1.54. The van der Waals surface area contributed by atoms with Crippen LogP contribution in [0.4, 0.5) is 13.2 Å². The van der Waals surface area contributed by atoms with Crippen LogP contribution in [0.5, 0.6) is 5.75 Å². The van der Waals surface area contributed by atoms with Crippen LogP contribution in [0.1, 0.15) is 25.8 Å². The molecule has 3 nitrogen and oxygen atoms in total. The number of rotatable bonds is 5. The van der Waals surface area contributed by atoms with Gasteiger partial charge in [0.05, 0.1) is 5.56 Å². The fraction of sp³-hybridized carbons (Fsp3) is 0.462. The van der Waals surface area contributed by atoms with Gasteiger partial charge in [-0.1, -0.05) is 19.9 Å². The third-order valence-corrected chi connectivity index (χ3v) is 2.40. The Kier molecular flexibility index (Phi) is 4.80. The molecule has 1 N–H and O–H groups in total. The number of carboxylic acids is 1. The van der Waals surface area contributed by atoms with Gasteiger partial charge in [0.25, 0.3) is 0 Å². The molecule has 0 aromatic heterocycles. The molecule has 0 unspecified atom stereocenters. The van der Waals surface area contributed by atoms with Crippen molar-refractivity contribution in [1.29, 1.82) is 0 Å². The topological polar surface area (TPSA) is 46.5 Å². The van der Waals surface area contributed by atoms with Gasteiger partial charge in [0.15, 0.2) is 6.10 Å². The van der Waals surface area contributed by atoms with E-state index in [1.807, 2.05) is 13.8 Å². The molecule has 1 rings (SSSR count). The number of halogens is 3. The van der Waals surface area contributed by atoms with E-state index in [4.69, 9.17) is 9.84 Å². The van der Waals surface area contributed by atoms with Crippen LogP contribution in [-0.2, 0) is 11.0 Å². The summed E-state index contributed by atoms with van der Waals surface area (Å²) in [5.41, 5.74) is -0.862. The monoisotopic (exact) mass is 276 g/mol. The van der Waals surface area contributed by atoms with Crippen LogP contribution < -0.4 is 4.74 Å². The molecular formula is C13H15F3O3. The number of aliphatic carboxylic acids is 1. The van der Waals surface area contributed by atoms with Crippen molar-refractivity contribution in [2.75, 3.05) is 0 Å². The minimum absolute atomic E-state index is 0.0619. The predicted molar refractivity (Wildman–Crippen MR) is 63.0 cm³/mol. The summed E-state index contributed by atoms with van der Waals surface area (Å²) in [5, 5.41) is 8.97. The zero-order valence-electron chi connectivity index (χ0n) is 10.6. The summed E-state index contributed by atoms with van der Waals surface area (Å²) < 4.78 is 42.6. The number of alkyl halides is 3. The molecule has 0 aliphatic heterocycles. The Morgan fingerprint density at radius 1 is 1.37 bits per heavy atom. The van der Waals surface area contributed by atoms with Crippen LogP contribution in [0.25, 0.3) is 0 Å². The van der Waals surface area contributed by atoms with Gasteiger partial charge >= 0.3 is 12.1 Å². The summed E-state index contributed by atoms with van der Waals surface area (Å²) in [7, 11) is 0. The van der Waals surface area contributed by atoms with Crippen molar-refractivity contribution in [3.8, 4) is 5.75 Å². The number of benzene rings is 1. The van der Waals surface area contributed by atoms with Gasteiger partial charge in [-0.15, -0.1) is 0 Å². The lowest BCUT2D eigenvalue weighted by atomic mass is 10.1. The molecule has 0 saturated carbocycles. The lowest BCUT2D eigenvalue weighted by Crippen LogP contribution is -2.28. The van der Waals surface area contributed by atoms with E-state index in [0.29, 0.717) is 0 Å². The Balaban J connectivity index is 2.88. The maximum absolute atomic E-state index is 12.5. The van der Waals surface area contributed by atoms with Crippen molar-refractivity contribution < 1.29 is 27.8 Å². The summed E-state index contributed by atoms with van der Waals surface area (Å²) in [6.07, 6.45) is -5.40. The van der Waals surface area contributed by atoms with E-state index in [1.165, 1.54) is 12.1 Å². The molecule has 0 aliphatic rings. The summed E-state index contributed by atoms with van der Waals surface area (Å²) in [5.74, 6) is -1.22. The first-order chi connectivity index (χ1) is 8.70. The van der Waals surface area contributed by atoms with Gasteiger partial charge in [0.2, 0.25) is 0 Å². The minimum atomic E-state index is -4.48. The molecule has 0 fully saturated rings. The second kappa shape index (κ2) is 5.95. The molecule has 0 aliphatic carbocycles. The van der Waals surface area contributed by atoms with Crippen molar-refractivity contribution in [1.82, 2.24) is 0 Å². The highest BCUT2D eigenvalue weighted by molar-refractivity contribution is 5.72. The van der Waals surface area contributed by atoms with Crippen LogP contribution in [-0.4, -0.2) is 17.2 Å². The largest absolute Gasteiger partial charge is 0.479 e. The second-order valence-electron chi connectivity index (χ2n) is 4.60. The summed E-state index contributed by atoms with van der Waals surface area (Å²) >= 11 is 0. The van der Waals surface area contributed by atoms with Gasteiger partial charge in [0.1, 0.15) is 5.75 Å². The molecule has 106 valence electrons. The average molecular weight is 276 g/mol. The van der Waals surface area contributed by atoms with Crippen LogP contribution in [0, 0.1) is 5.92 Å². The SMILES string of the molecule is CC(C)C[C@@H](Oc1cccc(C(F)(F)F)c1)C(=O)O. The van der Waals surface area contributed by atoms with Gasteiger partial charge in [-0.05, 0) is 30.5 Å². The summed E-state index contributed by atoms with van der Waals surface area (Å²) in [6, 6.07) is 4.21. The van der Waals surface area contributed by atoms with Crippen molar-refractivity contribution in [3.63, 3.8) is 0 Å². The van der Waals surface area contributed by atoms with E-state index >= 15 is 0 Å². The zero-order valence-corrected chi connectivity index (χ0v) is 10.6. The Hall–Kier alpha value is -1.72. The molecule has 0 saturated heterocycles. The van der Waals surface area contributed by atoms with Gasteiger partial charge in [0, 0.05) is 0 Å². The number of carbonyl (C=O) groups is 1. The van der Waals surface area contributed by atoms with Crippen LogP contribution in [0.2, 0.25) is 0 Å². The molecule has 0 amide bonds. The van der Waals surface area contributed by atoms with Crippen molar-refractivity contribution in [2.45, 2.75) is 32.5 Å². The first-order valence-corrected chi connectivity index (χ1v) is 5.77. The molecule has 1 aromatic rings. The Bertz CT molecular complexity index is 441. The molecule has 6 heteroatoms.